The van der Waals surface area contributed by atoms with E-state index in [1.807, 2.05) is 6.08 Å². The summed E-state index contributed by atoms with van der Waals surface area (Å²) in [4.78, 5) is 5.24. The van der Waals surface area contributed by atoms with Gasteiger partial charge in [0.2, 0.25) is 0 Å². The summed E-state index contributed by atoms with van der Waals surface area (Å²) in [5.41, 5.74) is 2.77. The Morgan fingerprint density at radius 1 is 1.04 bits per heavy atom. The van der Waals surface area contributed by atoms with Crippen LogP contribution in [0.3, 0.4) is 0 Å². The van der Waals surface area contributed by atoms with Crippen molar-refractivity contribution in [3.05, 3.63) is 45.0 Å². The molecule has 0 fully saturated rings. The normalized spacial score (nSPS) is 10.8. The van der Waals surface area contributed by atoms with E-state index in [1.54, 1.807) is 18.3 Å². The van der Waals surface area contributed by atoms with Gasteiger partial charge >= 0.3 is 0 Å². The molecule has 4 nitrogen and oxygen atoms in total. The smallest absolute Gasteiger partial charge is 0.156 e. The highest BCUT2D eigenvalue weighted by Crippen LogP contribution is 2.37. The number of halogens is 4. The minimum Gasteiger partial charge on any atom is -0.490 e. The standard InChI is InChI=1S/C18H23Cl4NO3/c1-2-3-8-23-26-10-6-4-5-9-25-18-15(19)12-14(13-16(18)20)24-11-7-17(21)22/h3,7-8,12-13,23H,2,4-6,9-11H2,1H3. The van der Waals surface area contributed by atoms with Crippen molar-refractivity contribution in [3.63, 3.8) is 0 Å². The molecular weight excluding hydrogens is 420 g/mol. The molecule has 1 rings (SSSR count). The van der Waals surface area contributed by atoms with Gasteiger partial charge in [0, 0.05) is 18.3 Å². The summed E-state index contributed by atoms with van der Waals surface area (Å²) in [5.74, 6) is 0.967. The summed E-state index contributed by atoms with van der Waals surface area (Å²) >= 11 is 23.5. The first-order chi connectivity index (χ1) is 12.5. The Morgan fingerprint density at radius 3 is 2.38 bits per heavy atom. The monoisotopic (exact) mass is 441 g/mol. The summed E-state index contributed by atoms with van der Waals surface area (Å²) in [7, 11) is 0. The van der Waals surface area contributed by atoms with Gasteiger partial charge in [0.05, 0.1) is 23.3 Å². The van der Waals surface area contributed by atoms with Crippen LogP contribution in [0.1, 0.15) is 32.6 Å². The van der Waals surface area contributed by atoms with Gasteiger partial charge in [0.1, 0.15) is 16.8 Å². The number of unbranched alkanes of at least 4 members (excludes halogenated alkanes) is 2. The molecule has 0 aliphatic heterocycles. The molecular formula is C18H23Cl4NO3. The van der Waals surface area contributed by atoms with Gasteiger partial charge in [0.15, 0.2) is 5.75 Å². The first kappa shape index (κ1) is 23.3. The number of allylic oxidation sites excluding steroid dienone is 1. The zero-order valence-corrected chi connectivity index (χ0v) is 17.6. The van der Waals surface area contributed by atoms with Crippen molar-refractivity contribution in [1.82, 2.24) is 5.48 Å². The molecule has 146 valence electrons. The fourth-order valence-corrected chi connectivity index (χ4v) is 2.56. The number of nitrogens with one attached hydrogen (secondary N) is 1. The number of rotatable bonds is 13. The van der Waals surface area contributed by atoms with Crippen LogP contribution in [0.25, 0.3) is 0 Å². The molecule has 0 radical (unpaired) electrons. The molecule has 0 aromatic heterocycles. The Balaban J connectivity index is 2.28. The summed E-state index contributed by atoms with van der Waals surface area (Å²) in [5, 5.41) is 0.785. The molecule has 8 heteroatoms. The second kappa shape index (κ2) is 14.3. The van der Waals surface area contributed by atoms with Crippen molar-refractivity contribution in [2.45, 2.75) is 32.6 Å². The maximum atomic E-state index is 6.21. The van der Waals surface area contributed by atoms with Gasteiger partial charge in [-0.2, -0.15) is 0 Å². The lowest BCUT2D eigenvalue weighted by molar-refractivity contribution is 0.0674. The summed E-state index contributed by atoms with van der Waals surface area (Å²) in [6, 6.07) is 3.28. The fraction of sp³-hybridized carbons (Fsp3) is 0.444. The third kappa shape index (κ3) is 10.4. The van der Waals surface area contributed by atoms with E-state index in [0.29, 0.717) is 34.8 Å². The van der Waals surface area contributed by atoms with E-state index in [2.05, 4.69) is 12.4 Å². The van der Waals surface area contributed by atoms with Crippen LogP contribution < -0.4 is 15.0 Å². The summed E-state index contributed by atoms with van der Waals surface area (Å²) < 4.78 is 11.3. The van der Waals surface area contributed by atoms with Crippen molar-refractivity contribution in [2.24, 2.45) is 0 Å². The number of hydrogen-bond acceptors (Lipinski definition) is 4. The van der Waals surface area contributed by atoms with Crippen LogP contribution in [-0.2, 0) is 4.84 Å². The lowest BCUT2D eigenvalue weighted by Gasteiger charge is -2.12. The largest absolute Gasteiger partial charge is 0.490 e. The summed E-state index contributed by atoms with van der Waals surface area (Å²) in [6.45, 7) is 3.45. The second-order valence-corrected chi connectivity index (χ2v) is 7.03. The molecule has 1 N–H and O–H groups in total. The predicted molar refractivity (Wildman–Crippen MR) is 110 cm³/mol. The lowest BCUT2D eigenvalue weighted by atomic mass is 10.2. The second-order valence-electron chi connectivity index (χ2n) is 5.21. The van der Waals surface area contributed by atoms with Gasteiger partial charge in [-0.25, -0.2) is 0 Å². The molecule has 0 heterocycles. The zero-order chi connectivity index (χ0) is 19.2. The van der Waals surface area contributed by atoms with Crippen molar-refractivity contribution >= 4 is 46.4 Å². The highest BCUT2D eigenvalue weighted by Gasteiger charge is 2.10. The minimum atomic E-state index is 0.140. The van der Waals surface area contributed by atoms with Gasteiger partial charge in [-0.05, 0) is 31.8 Å². The number of ether oxygens (including phenoxy) is 2. The van der Waals surface area contributed by atoms with E-state index in [9.17, 15) is 0 Å². The molecule has 0 amide bonds. The Hall–Kier alpha value is -0.780. The van der Waals surface area contributed by atoms with E-state index >= 15 is 0 Å². The average molecular weight is 443 g/mol. The van der Waals surface area contributed by atoms with Gasteiger partial charge in [0.25, 0.3) is 0 Å². The summed E-state index contributed by atoms with van der Waals surface area (Å²) in [6.07, 6.45) is 9.06. The number of hydrogen-bond donors (Lipinski definition) is 1. The van der Waals surface area contributed by atoms with Crippen LogP contribution in [0, 0.1) is 0 Å². The molecule has 0 saturated heterocycles. The Labute approximate surface area is 174 Å². The first-order valence-electron chi connectivity index (χ1n) is 8.32. The Bertz CT molecular complexity index is 567. The van der Waals surface area contributed by atoms with Crippen LogP contribution in [0.15, 0.2) is 35.0 Å². The van der Waals surface area contributed by atoms with E-state index in [1.165, 1.54) is 6.08 Å². The Morgan fingerprint density at radius 2 is 1.73 bits per heavy atom. The lowest BCUT2D eigenvalue weighted by Crippen LogP contribution is -2.08. The third-order valence-electron chi connectivity index (χ3n) is 3.10. The van der Waals surface area contributed by atoms with Crippen molar-refractivity contribution in [3.8, 4) is 11.5 Å². The number of benzene rings is 1. The number of hydroxylamine groups is 1. The fourth-order valence-electron chi connectivity index (χ4n) is 1.86. The molecule has 26 heavy (non-hydrogen) atoms. The molecule has 0 atom stereocenters. The van der Waals surface area contributed by atoms with Crippen LogP contribution in [0.5, 0.6) is 11.5 Å². The van der Waals surface area contributed by atoms with Crippen molar-refractivity contribution in [1.29, 1.82) is 0 Å². The van der Waals surface area contributed by atoms with Gasteiger partial charge in [-0.1, -0.05) is 59.4 Å². The molecule has 0 bridgehead atoms. The molecule has 0 spiro atoms. The topological polar surface area (TPSA) is 39.7 Å². The third-order valence-corrected chi connectivity index (χ3v) is 3.97. The van der Waals surface area contributed by atoms with Crippen LogP contribution >= 0.6 is 46.4 Å². The van der Waals surface area contributed by atoms with E-state index < -0.39 is 0 Å². The minimum absolute atomic E-state index is 0.140. The SMILES string of the molecule is CCC=CNOCCCCCOc1c(Cl)cc(OCC=C(Cl)Cl)cc1Cl. The predicted octanol–water partition coefficient (Wildman–Crippen LogP) is 6.69. The van der Waals surface area contributed by atoms with Gasteiger partial charge in [-0.15, -0.1) is 0 Å². The maximum Gasteiger partial charge on any atom is 0.156 e. The quantitative estimate of drug-likeness (QED) is 0.273. The molecule has 0 aliphatic carbocycles. The molecule has 0 saturated carbocycles. The molecule has 0 unspecified atom stereocenters. The maximum absolute atomic E-state index is 6.21. The molecule has 1 aromatic carbocycles. The highest BCUT2D eigenvalue weighted by molar-refractivity contribution is 6.55. The van der Waals surface area contributed by atoms with Crippen LogP contribution in [-0.4, -0.2) is 19.8 Å². The van der Waals surface area contributed by atoms with Crippen molar-refractivity contribution in [2.75, 3.05) is 19.8 Å². The molecule has 1 aromatic rings. The highest BCUT2D eigenvalue weighted by atomic mass is 35.5. The van der Waals surface area contributed by atoms with E-state index in [-0.39, 0.29) is 11.1 Å². The van der Waals surface area contributed by atoms with Gasteiger partial charge < -0.3 is 9.47 Å². The molecule has 0 aliphatic rings. The van der Waals surface area contributed by atoms with Crippen LogP contribution in [0.2, 0.25) is 10.0 Å². The average Bonchev–Trinajstić information content (AvgIpc) is 2.58. The first-order valence-corrected chi connectivity index (χ1v) is 9.84. The Kier molecular flexibility index (Phi) is 12.8. The zero-order valence-electron chi connectivity index (χ0n) is 14.6. The van der Waals surface area contributed by atoms with E-state index in [4.69, 9.17) is 60.7 Å². The van der Waals surface area contributed by atoms with Crippen molar-refractivity contribution < 1.29 is 14.3 Å². The van der Waals surface area contributed by atoms with E-state index in [0.717, 1.165) is 25.7 Å². The van der Waals surface area contributed by atoms with Gasteiger partial charge in [-0.3, -0.25) is 10.3 Å². The van der Waals surface area contributed by atoms with Crippen LogP contribution in [0.4, 0.5) is 0 Å².